The average molecular weight is 331 g/mol. The minimum absolute atomic E-state index is 0.994. The molecule has 0 saturated heterocycles. The van der Waals surface area contributed by atoms with E-state index in [2.05, 4.69) is 23.2 Å². The molecule has 0 atom stereocenters. The number of pyridine rings is 2. The number of benzene rings is 1. The van der Waals surface area contributed by atoms with Crippen LogP contribution >= 0.6 is 0 Å². The number of hydrogen-bond donors (Lipinski definition) is 0. The standard InChI is InChI=1S/C18H13N3.2C2H6/c1-2-6-15(7-3-1)18-17(14-9-11-19-12-10-14)16-8-4-5-13-21(16)20-18;2*1-2/h1-13H;2*1-2H3. The predicted molar refractivity (Wildman–Crippen MR) is 107 cm³/mol. The monoisotopic (exact) mass is 331 g/mol. The van der Waals surface area contributed by atoms with Crippen molar-refractivity contribution in [3.8, 4) is 22.4 Å². The molecule has 25 heavy (non-hydrogen) atoms. The molecule has 4 rings (SSSR count). The van der Waals surface area contributed by atoms with E-state index in [9.17, 15) is 0 Å². The summed E-state index contributed by atoms with van der Waals surface area (Å²) in [5.74, 6) is 0. The first-order chi connectivity index (χ1) is 12.4. The molecule has 4 aromatic rings. The second-order valence-corrected chi connectivity index (χ2v) is 4.86. The van der Waals surface area contributed by atoms with Crippen molar-refractivity contribution < 1.29 is 0 Å². The van der Waals surface area contributed by atoms with Crippen LogP contribution in [-0.2, 0) is 0 Å². The second kappa shape index (κ2) is 9.38. The van der Waals surface area contributed by atoms with Crippen molar-refractivity contribution >= 4 is 5.52 Å². The predicted octanol–water partition coefficient (Wildman–Crippen LogP) is 6.12. The van der Waals surface area contributed by atoms with Crippen molar-refractivity contribution in [2.24, 2.45) is 0 Å². The first-order valence-corrected chi connectivity index (χ1v) is 8.87. The smallest absolute Gasteiger partial charge is 0.101 e. The largest absolute Gasteiger partial charge is 0.265 e. The third-order valence-corrected chi connectivity index (χ3v) is 3.56. The summed E-state index contributed by atoms with van der Waals surface area (Å²) in [5.41, 5.74) is 5.48. The number of aromatic nitrogens is 3. The molecule has 0 aliphatic heterocycles. The van der Waals surface area contributed by atoms with Gasteiger partial charge in [-0.05, 0) is 29.8 Å². The first kappa shape index (κ1) is 18.4. The van der Waals surface area contributed by atoms with E-state index in [0.717, 1.165) is 27.9 Å². The molecule has 0 N–H and O–H groups in total. The summed E-state index contributed by atoms with van der Waals surface area (Å²) in [6.45, 7) is 8.00. The lowest BCUT2D eigenvalue weighted by Gasteiger charge is -2.03. The summed E-state index contributed by atoms with van der Waals surface area (Å²) < 4.78 is 1.93. The molecule has 3 nitrogen and oxygen atoms in total. The van der Waals surface area contributed by atoms with Crippen LogP contribution in [0.2, 0.25) is 0 Å². The van der Waals surface area contributed by atoms with Crippen LogP contribution < -0.4 is 0 Å². The zero-order valence-corrected chi connectivity index (χ0v) is 15.3. The van der Waals surface area contributed by atoms with Crippen molar-refractivity contribution in [2.45, 2.75) is 27.7 Å². The van der Waals surface area contributed by atoms with Crippen molar-refractivity contribution in [1.29, 1.82) is 0 Å². The summed E-state index contributed by atoms with van der Waals surface area (Å²) in [4.78, 5) is 4.11. The zero-order valence-electron chi connectivity index (χ0n) is 15.3. The van der Waals surface area contributed by atoms with Crippen LogP contribution in [0.25, 0.3) is 27.9 Å². The summed E-state index contributed by atoms with van der Waals surface area (Å²) in [6, 6.07) is 20.4. The maximum absolute atomic E-state index is 4.76. The highest BCUT2D eigenvalue weighted by Crippen LogP contribution is 2.34. The van der Waals surface area contributed by atoms with E-state index in [0.29, 0.717) is 0 Å². The molecule has 0 aliphatic carbocycles. The minimum atomic E-state index is 0.994. The zero-order chi connectivity index (χ0) is 18.1. The molecule has 0 bridgehead atoms. The Morgan fingerprint density at radius 3 is 2.00 bits per heavy atom. The van der Waals surface area contributed by atoms with E-state index in [1.807, 2.05) is 93.3 Å². The van der Waals surface area contributed by atoms with Crippen LogP contribution in [0.5, 0.6) is 0 Å². The van der Waals surface area contributed by atoms with E-state index in [1.165, 1.54) is 0 Å². The van der Waals surface area contributed by atoms with Gasteiger partial charge < -0.3 is 0 Å². The molecule has 0 unspecified atom stereocenters. The Morgan fingerprint density at radius 1 is 0.680 bits per heavy atom. The van der Waals surface area contributed by atoms with Gasteiger partial charge in [0.05, 0.1) is 5.52 Å². The molecule has 0 amide bonds. The highest BCUT2D eigenvalue weighted by atomic mass is 15.2. The van der Waals surface area contributed by atoms with Gasteiger partial charge in [0.2, 0.25) is 0 Å². The minimum Gasteiger partial charge on any atom is -0.265 e. The molecule has 3 heterocycles. The Kier molecular flexibility index (Phi) is 6.90. The number of rotatable bonds is 2. The van der Waals surface area contributed by atoms with E-state index in [4.69, 9.17) is 5.10 Å². The van der Waals surface area contributed by atoms with Crippen LogP contribution in [-0.4, -0.2) is 14.6 Å². The molecule has 128 valence electrons. The molecular weight excluding hydrogens is 306 g/mol. The molecule has 3 aromatic heterocycles. The highest BCUT2D eigenvalue weighted by molar-refractivity contribution is 5.91. The molecule has 0 saturated carbocycles. The van der Waals surface area contributed by atoms with E-state index < -0.39 is 0 Å². The van der Waals surface area contributed by atoms with E-state index >= 15 is 0 Å². The van der Waals surface area contributed by atoms with Gasteiger partial charge in [0.1, 0.15) is 5.69 Å². The van der Waals surface area contributed by atoms with Gasteiger partial charge in [0.25, 0.3) is 0 Å². The Morgan fingerprint density at radius 2 is 1.32 bits per heavy atom. The van der Waals surface area contributed by atoms with Crippen molar-refractivity contribution in [3.05, 3.63) is 79.3 Å². The average Bonchev–Trinajstić information content (AvgIpc) is 3.12. The lowest BCUT2D eigenvalue weighted by molar-refractivity contribution is 0.966. The molecule has 3 heteroatoms. The van der Waals surface area contributed by atoms with Gasteiger partial charge in [-0.15, -0.1) is 0 Å². The fourth-order valence-corrected chi connectivity index (χ4v) is 2.60. The van der Waals surface area contributed by atoms with Gasteiger partial charge in [-0.3, -0.25) is 4.98 Å². The van der Waals surface area contributed by atoms with E-state index in [-0.39, 0.29) is 0 Å². The Balaban J connectivity index is 0.000000528. The number of fused-ring (bicyclic) bond motifs is 1. The first-order valence-electron chi connectivity index (χ1n) is 8.87. The summed E-state index contributed by atoms with van der Waals surface area (Å²) in [7, 11) is 0. The Labute approximate surface area is 150 Å². The topological polar surface area (TPSA) is 30.2 Å². The summed E-state index contributed by atoms with van der Waals surface area (Å²) in [5, 5.41) is 4.76. The number of nitrogens with zero attached hydrogens (tertiary/aromatic N) is 3. The van der Waals surface area contributed by atoms with Gasteiger partial charge in [0, 0.05) is 29.7 Å². The van der Waals surface area contributed by atoms with Crippen LogP contribution in [0.15, 0.2) is 79.3 Å². The third-order valence-electron chi connectivity index (χ3n) is 3.56. The molecule has 0 radical (unpaired) electrons. The van der Waals surface area contributed by atoms with Crippen LogP contribution in [0.4, 0.5) is 0 Å². The van der Waals surface area contributed by atoms with Crippen LogP contribution in [0.1, 0.15) is 27.7 Å². The Bertz CT molecular complexity index is 881. The molecule has 0 spiro atoms. The van der Waals surface area contributed by atoms with E-state index in [1.54, 1.807) is 0 Å². The van der Waals surface area contributed by atoms with Crippen molar-refractivity contribution in [2.75, 3.05) is 0 Å². The lowest BCUT2D eigenvalue weighted by Crippen LogP contribution is -1.84. The quantitative estimate of drug-likeness (QED) is 0.443. The SMILES string of the molecule is CC.CC.c1ccc(-c2nn3ccccc3c2-c2ccncc2)cc1. The maximum atomic E-state index is 4.76. The number of hydrogen-bond acceptors (Lipinski definition) is 2. The van der Waals surface area contributed by atoms with Crippen LogP contribution in [0, 0.1) is 0 Å². The fraction of sp³-hybridized carbons (Fsp3) is 0.182. The van der Waals surface area contributed by atoms with Gasteiger partial charge in [-0.25, -0.2) is 4.52 Å². The fourth-order valence-electron chi connectivity index (χ4n) is 2.60. The maximum Gasteiger partial charge on any atom is 0.101 e. The Hall–Kier alpha value is -2.94. The highest BCUT2D eigenvalue weighted by Gasteiger charge is 2.15. The third kappa shape index (κ3) is 3.94. The van der Waals surface area contributed by atoms with Gasteiger partial charge >= 0.3 is 0 Å². The molecular formula is C22H25N3. The van der Waals surface area contributed by atoms with Crippen molar-refractivity contribution in [3.63, 3.8) is 0 Å². The summed E-state index contributed by atoms with van der Waals surface area (Å²) >= 11 is 0. The molecule has 0 aliphatic rings. The van der Waals surface area contributed by atoms with Crippen LogP contribution in [0.3, 0.4) is 0 Å². The normalized spacial score (nSPS) is 9.60. The lowest BCUT2D eigenvalue weighted by atomic mass is 10.0. The van der Waals surface area contributed by atoms with Gasteiger partial charge in [0.15, 0.2) is 0 Å². The van der Waals surface area contributed by atoms with Gasteiger partial charge in [-0.2, -0.15) is 5.10 Å². The second-order valence-electron chi connectivity index (χ2n) is 4.86. The molecule has 1 aromatic carbocycles. The molecule has 0 fully saturated rings. The van der Waals surface area contributed by atoms with Crippen molar-refractivity contribution in [1.82, 2.24) is 14.6 Å². The van der Waals surface area contributed by atoms with Gasteiger partial charge in [-0.1, -0.05) is 64.1 Å². The summed E-state index contributed by atoms with van der Waals surface area (Å²) in [6.07, 6.45) is 5.61.